The van der Waals surface area contributed by atoms with E-state index in [1.807, 2.05) is 4.90 Å². The molecule has 1 aliphatic heterocycles. The summed E-state index contributed by atoms with van der Waals surface area (Å²) >= 11 is 6.26. The summed E-state index contributed by atoms with van der Waals surface area (Å²) in [7, 11) is 0. The molecule has 0 saturated carbocycles. The Bertz CT molecular complexity index is 1100. The molecule has 1 N–H and O–H groups in total. The van der Waals surface area contributed by atoms with Gasteiger partial charge in [-0.3, -0.25) is 9.59 Å². The molecular formula is C21H19ClFN3O3. The summed E-state index contributed by atoms with van der Waals surface area (Å²) in [5.41, 5.74) is 1.37. The molecule has 2 heterocycles. The van der Waals surface area contributed by atoms with Crippen molar-refractivity contribution in [3.8, 4) is 0 Å². The normalized spacial score (nSPS) is 15.1. The lowest BCUT2D eigenvalue weighted by molar-refractivity contribution is -0.142. The summed E-state index contributed by atoms with van der Waals surface area (Å²) in [6.07, 6.45) is 0.880. The van der Waals surface area contributed by atoms with Gasteiger partial charge in [-0.15, -0.1) is 5.10 Å². The third-order valence-corrected chi connectivity index (χ3v) is 5.73. The number of halogens is 2. The number of aliphatic carboxylic acids is 1. The van der Waals surface area contributed by atoms with E-state index in [2.05, 4.69) is 5.10 Å². The zero-order valence-corrected chi connectivity index (χ0v) is 16.5. The molecule has 1 aliphatic rings. The van der Waals surface area contributed by atoms with E-state index in [9.17, 15) is 19.1 Å². The van der Waals surface area contributed by atoms with E-state index >= 15 is 0 Å². The van der Waals surface area contributed by atoms with Gasteiger partial charge in [0.25, 0.3) is 5.91 Å². The Morgan fingerprint density at radius 3 is 2.52 bits per heavy atom. The van der Waals surface area contributed by atoms with Gasteiger partial charge in [0.15, 0.2) is 5.82 Å². The highest BCUT2D eigenvalue weighted by atomic mass is 35.5. The highest BCUT2D eigenvalue weighted by Crippen LogP contribution is 2.33. The lowest BCUT2D eigenvalue weighted by Gasteiger charge is -2.30. The van der Waals surface area contributed by atoms with Crippen molar-refractivity contribution in [2.45, 2.75) is 19.8 Å². The summed E-state index contributed by atoms with van der Waals surface area (Å²) in [5, 5.41) is 14.2. The molecule has 8 heteroatoms. The number of benzene rings is 2. The molecule has 0 spiro atoms. The fourth-order valence-corrected chi connectivity index (χ4v) is 4.13. The van der Waals surface area contributed by atoms with Gasteiger partial charge in [0.05, 0.1) is 27.4 Å². The van der Waals surface area contributed by atoms with Crippen LogP contribution in [0.3, 0.4) is 0 Å². The molecule has 150 valence electrons. The largest absolute Gasteiger partial charge is 0.481 e. The first-order valence-corrected chi connectivity index (χ1v) is 9.71. The molecular weight excluding hydrogens is 397 g/mol. The number of hydrogen-bond acceptors (Lipinski definition) is 4. The average molecular weight is 416 g/mol. The minimum Gasteiger partial charge on any atom is -0.481 e. The van der Waals surface area contributed by atoms with Crippen LogP contribution in [0.1, 0.15) is 28.8 Å². The van der Waals surface area contributed by atoms with E-state index < -0.39 is 23.6 Å². The maximum atomic E-state index is 14.7. The third kappa shape index (κ3) is 3.35. The predicted octanol–water partition coefficient (Wildman–Crippen LogP) is 4.13. The lowest BCUT2D eigenvalue weighted by Crippen LogP contribution is -2.36. The summed E-state index contributed by atoms with van der Waals surface area (Å²) in [4.78, 5) is 26.3. The molecule has 0 unspecified atom stereocenters. The summed E-state index contributed by atoms with van der Waals surface area (Å²) in [6.45, 7) is 2.64. The quantitative estimate of drug-likeness (QED) is 0.696. The topological polar surface area (TPSA) is 75.4 Å². The molecule has 1 saturated heterocycles. The Kier molecular flexibility index (Phi) is 5.00. The molecule has 1 fully saturated rings. The number of aromatic nitrogens is 2. The smallest absolute Gasteiger partial charge is 0.306 e. The van der Waals surface area contributed by atoms with Crippen LogP contribution in [0.4, 0.5) is 10.2 Å². The molecule has 0 amide bonds. The van der Waals surface area contributed by atoms with Gasteiger partial charge in [-0.25, -0.2) is 4.39 Å². The van der Waals surface area contributed by atoms with Crippen molar-refractivity contribution in [3.05, 3.63) is 58.4 Å². The first-order valence-electron chi connectivity index (χ1n) is 9.33. The molecule has 6 nitrogen and oxygen atoms in total. The number of carbonyl (C=O) groups excluding carboxylic acids is 1. The number of rotatable bonds is 3. The van der Waals surface area contributed by atoms with Crippen molar-refractivity contribution >= 4 is 40.2 Å². The molecule has 0 aliphatic carbocycles. The van der Waals surface area contributed by atoms with Crippen molar-refractivity contribution < 1.29 is 19.1 Å². The van der Waals surface area contributed by atoms with Crippen LogP contribution < -0.4 is 4.90 Å². The zero-order chi connectivity index (χ0) is 20.7. The van der Waals surface area contributed by atoms with Crippen LogP contribution in [-0.2, 0) is 4.79 Å². The molecule has 29 heavy (non-hydrogen) atoms. The van der Waals surface area contributed by atoms with E-state index in [0.717, 1.165) is 0 Å². The monoisotopic (exact) mass is 415 g/mol. The van der Waals surface area contributed by atoms with Crippen molar-refractivity contribution in [1.29, 1.82) is 0 Å². The van der Waals surface area contributed by atoms with Crippen molar-refractivity contribution in [2.75, 3.05) is 18.0 Å². The standard InChI is InChI=1S/C21H19ClFN3O3/c1-12-4-2-5-14(22)17(12)20(27)26-16-7-3-6-15(23)18(16)19(24-26)25-10-8-13(9-11-25)21(28)29/h2-7,13H,8-11H2,1H3,(H,28,29). The van der Waals surface area contributed by atoms with Crippen LogP contribution in [-0.4, -0.2) is 39.9 Å². The summed E-state index contributed by atoms with van der Waals surface area (Å²) in [6, 6.07) is 9.67. The maximum absolute atomic E-state index is 14.7. The van der Waals surface area contributed by atoms with E-state index in [4.69, 9.17) is 11.6 Å². The SMILES string of the molecule is Cc1cccc(Cl)c1C(=O)n1nc(N2CCC(C(=O)O)CC2)c2c(F)cccc21. The predicted molar refractivity (Wildman–Crippen MR) is 108 cm³/mol. The van der Waals surface area contributed by atoms with E-state index in [1.165, 1.54) is 16.8 Å². The molecule has 4 rings (SSSR count). The van der Waals surface area contributed by atoms with Crippen LogP contribution >= 0.6 is 11.6 Å². The van der Waals surface area contributed by atoms with Crippen molar-refractivity contribution in [1.82, 2.24) is 9.78 Å². The van der Waals surface area contributed by atoms with Crippen molar-refractivity contribution in [2.24, 2.45) is 5.92 Å². The molecule has 2 aromatic carbocycles. The van der Waals surface area contributed by atoms with Gasteiger partial charge in [-0.05, 0) is 43.5 Å². The number of nitrogens with zero attached hydrogens (tertiary/aromatic N) is 3. The van der Waals surface area contributed by atoms with E-state index in [1.54, 1.807) is 31.2 Å². The van der Waals surface area contributed by atoms with Crippen LogP contribution in [0.15, 0.2) is 36.4 Å². The second kappa shape index (κ2) is 7.48. The Morgan fingerprint density at radius 2 is 1.86 bits per heavy atom. The number of piperidine rings is 1. The molecule has 3 aromatic rings. The average Bonchev–Trinajstić information content (AvgIpc) is 3.09. The number of hydrogen-bond donors (Lipinski definition) is 1. The number of fused-ring (bicyclic) bond motifs is 1. The minimum absolute atomic E-state index is 0.249. The fraction of sp³-hybridized carbons (Fsp3) is 0.286. The van der Waals surface area contributed by atoms with Gasteiger partial charge >= 0.3 is 5.97 Å². The van der Waals surface area contributed by atoms with Gasteiger partial charge in [0, 0.05) is 13.1 Å². The van der Waals surface area contributed by atoms with Gasteiger partial charge < -0.3 is 10.0 Å². The minimum atomic E-state index is -0.824. The van der Waals surface area contributed by atoms with Crippen LogP contribution in [0, 0.1) is 18.7 Å². The maximum Gasteiger partial charge on any atom is 0.306 e. The molecule has 0 atom stereocenters. The first kappa shape index (κ1) is 19.4. The lowest BCUT2D eigenvalue weighted by atomic mass is 9.97. The summed E-state index contributed by atoms with van der Waals surface area (Å²) in [5.74, 6) is -1.81. The van der Waals surface area contributed by atoms with Crippen LogP contribution in [0.5, 0.6) is 0 Å². The molecule has 0 radical (unpaired) electrons. The van der Waals surface area contributed by atoms with Crippen LogP contribution in [0.2, 0.25) is 5.02 Å². The Hall–Kier alpha value is -2.93. The third-order valence-electron chi connectivity index (χ3n) is 5.41. The summed E-state index contributed by atoms with van der Waals surface area (Å²) < 4.78 is 15.9. The number of anilines is 1. The highest BCUT2D eigenvalue weighted by Gasteiger charge is 2.29. The highest BCUT2D eigenvalue weighted by molar-refractivity contribution is 6.34. The Morgan fingerprint density at radius 1 is 1.17 bits per heavy atom. The van der Waals surface area contributed by atoms with E-state index in [-0.39, 0.29) is 5.39 Å². The fourth-order valence-electron chi connectivity index (χ4n) is 3.83. The van der Waals surface area contributed by atoms with Gasteiger partial charge in [0.2, 0.25) is 0 Å². The zero-order valence-electron chi connectivity index (χ0n) is 15.7. The van der Waals surface area contributed by atoms with E-state index in [0.29, 0.717) is 53.4 Å². The molecule has 1 aromatic heterocycles. The van der Waals surface area contributed by atoms with Crippen molar-refractivity contribution in [3.63, 3.8) is 0 Å². The van der Waals surface area contributed by atoms with Crippen LogP contribution in [0.25, 0.3) is 10.9 Å². The first-order chi connectivity index (χ1) is 13.9. The van der Waals surface area contributed by atoms with Gasteiger partial charge in [0.1, 0.15) is 5.82 Å². The second-order valence-electron chi connectivity index (χ2n) is 7.21. The Balaban J connectivity index is 1.80. The molecule has 0 bridgehead atoms. The number of aryl methyl sites for hydroxylation is 1. The second-order valence-corrected chi connectivity index (χ2v) is 7.61. The number of carboxylic acids is 1. The number of carbonyl (C=O) groups is 2. The number of carboxylic acid groups (broad SMARTS) is 1. The Labute approximate surface area is 171 Å². The van der Waals surface area contributed by atoms with Gasteiger partial charge in [-0.2, -0.15) is 4.68 Å². The van der Waals surface area contributed by atoms with Gasteiger partial charge in [-0.1, -0.05) is 29.8 Å².